The molecule has 1 fully saturated rings. The Balaban J connectivity index is 1.40. The maximum atomic E-state index is 6.19. The molecule has 1 unspecified atom stereocenters. The normalized spacial score (nSPS) is 19.6. The van der Waals surface area contributed by atoms with Gasteiger partial charge in [-0.15, -0.1) is 0 Å². The summed E-state index contributed by atoms with van der Waals surface area (Å²) in [4.78, 5) is 2.51. The average Bonchev–Trinajstić information content (AvgIpc) is 3.05. The molecule has 2 aliphatic rings. The van der Waals surface area contributed by atoms with Crippen molar-refractivity contribution >= 4 is 17.7 Å². The molecule has 1 atom stereocenters. The molecule has 0 saturated carbocycles. The number of fused-ring (bicyclic) bond motifs is 1. The molecule has 3 nitrogen and oxygen atoms in total. The second-order valence-electron chi connectivity index (χ2n) is 9.66. The van der Waals surface area contributed by atoms with Crippen LogP contribution in [0.15, 0.2) is 72.3 Å². The van der Waals surface area contributed by atoms with Crippen molar-refractivity contribution in [3.63, 3.8) is 0 Å². The number of likely N-dealkylation sites (tertiary alicyclic amines) is 1. The van der Waals surface area contributed by atoms with Crippen molar-refractivity contribution < 1.29 is 9.47 Å². The zero-order chi connectivity index (χ0) is 24.0. The minimum Gasteiger partial charge on any atom is -0.493 e. The molecular weight excluding hydrogens is 454 g/mol. The highest BCUT2D eigenvalue weighted by Gasteiger charge is 2.26. The van der Waals surface area contributed by atoms with Gasteiger partial charge < -0.3 is 9.47 Å². The largest absolute Gasteiger partial charge is 0.493 e. The van der Waals surface area contributed by atoms with Gasteiger partial charge in [-0.25, -0.2) is 0 Å². The first-order valence-corrected chi connectivity index (χ1v) is 13.2. The fraction of sp³-hybridized carbons (Fsp3) is 0.355. The number of halogens is 1. The van der Waals surface area contributed by atoms with Crippen LogP contribution in [0.25, 0.3) is 6.08 Å². The highest BCUT2D eigenvalue weighted by Crippen LogP contribution is 2.42. The average molecular weight is 488 g/mol. The van der Waals surface area contributed by atoms with Gasteiger partial charge in [0.2, 0.25) is 0 Å². The SMILES string of the molecule is Cc1ccc2c(c1)C(c1ccc(OCCN3CCCCC3)cc1)/C(=C/c1ccc(Cl)cc1)CCO2. The maximum absolute atomic E-state index is 6.19. The zero-order valence-corrected chi connectivity index (χ0v) is 21.3. The fourth-order valence-electron chi connectivity index (χ4n) is 5.20. The first kappa shape index (κ1) is 24.0. The summed E-state index contributed by atoms with van der Waals surface area (Å²) in [5, 5.41) is 0.754. The number of piperidine rings is 1. The molecule has 35 heavy (non-hydrogen) atoms. The lowest BCUT2D eigenvalue weighted by Gasteiger charge is -2.26. The molecule has 0 spiro atoms. The summed E-state index contributed by atoms with van der Waals surface area (Å²) in [6, 6.07) is 23.2. The minimum absolute atomic E-state index is 0.130. The number of hydrogen-bond acceptors (Lipinski definition) is 3. The molecule has 2 aliphatic heterocycles. The topological polar surface area (TPSA) is 21.7 Å². The van der Waals surface area contributed by atoms with E-state index >= 15 is 0 Å². The van der Waals surface area contributed by atoms with Crippen LogP contribution in [0.2, 0.25) is 5.02 Å². The molecule has 4 heteroatoms. The molecule has 0 radical (unpaired) electrons. The Kier molecular flexibility index (Phi) is 7.75. The summed E-state index contributed by atoms with van der Waals surface area (Å²) in [7, 11) is 0. The van der Waals surface area contributed by atoms with Crippen LogP contribution < -0.4 is 9.47 Å². The second kappa shape index (κ2) is 11.3. The maximum Gasteiger partial charge on any atom is 0.123 e. The zero-order valence-electron chi connectivity index (χ0n) is 20.5. The predicted molar refractivity (Wildman–Crippen MR) is 145 cm³/mol. The molecule has 1 saturated heterocycles. The smallest absolute Gasteiger partial charge is 0.123 e. The Morgan fingerprint density at radius 2 is 1.74 bits per heavy atom. The van der Waals surface area contributed by atoms with E-state index in [1.165, 1.54) is 54.6 Å². The van der Waals surface area contributed by atoms with Gasteiger partial charge in [-0.05, 0) is 74.3 Å². The lowest BCUT2D eigenvalue weighted by molar-refractivity contribution is 0.183. The van der Waals surface area contributed by atoms with Crippen LogP contribution in [-0.4, -0.2) is 37.7 Å². The second-order valence-corrected chi connectivity index (χ2v) is 10.1. The summed E-state index contributed by atoms with van der Waals surface area (Å²) in [5.41, 5.74) is 6.22. The van der Waals surface area contributed by atoms with E-state index in [2.05, 4.69) is 72.5 Å². The summed E-state index contributed by atoms with van der Waals surface area (Å²) < 4.78 is 12.3. The molecule has 0 aliphatic carbocycles. The van der Waals surface area contributed by atoms with Gasteiger partial charge in [-0.3, -0.25) is 4.90 Å². The van der Waals surface area contributed by atoms with Crippen LogP contribution in [0.4, 0.5) is 0 Å². The summed E-state index contributed by atoms with van der Waals surface area (Å²) in [6.07, 6.45) is 7.15. The monoisotopic (exact) mass is 487 g/mol. The van der Waals surface area contributed by atoms with E-state index in [1.54, 1.807) is 0 Å². The molecule has 3 aromatic carbocycles. The molecule has 3 aromatic rings. The third kappa shape index (κ3) is 6.09. The summed E-state index contributed by atoms with van der Waals surface area (Å²) in [6.45, 7) is 6.96. The van der Waals surface area contributed by atoms with Crippen LogP contribution >= 0.6 is 11.6 Å². The van der Waals surface area contributed by atoms with Crippen molar-refractivity contribution in [2.75, 3.05) is 32.8 Å². The Hall–Kier alpha value is -2.75. The van der Waals surface area contributed by atoms with E-state index < -0.39 is 0 Å². The Morgan fingerprint density at radius 1 is 0.971 bits per heavy atom. The van der Waals surface area contributed by atoms with E-state index in [1.807, 2.05) is 12.1 Å². The quantitative estimate of drug-likeness (QED) is 0.359. The van der Waals surface area contributed by atoms with Crippen LogP contribution in [0.1, 0.15) is 53.9 Å². The Labute approximate surface area is 214 Å². The Bertz CT molecular complexity index is 1150. The third-order valence-corrected chi connectivity index (χ3v) is 7.31. The number of hydrogen-bond donors (Lipinski definition) is 0. The van der Waals surface area contributed by atoms with Gasteiger partial charge in [0.05, 0.1) is 6.61 Å². The van der Waals surface area contributed by atoms with E-state index in [9.17, 15) is 0 Å². The highest BCUT2D eigenvalue weighted by molar-refractivity contribution is 6.30. The molecule has 5 rings (SSSR count). The predicted octanol–water partition coefficient (Wildman–Crippen LogP) is 7.51. The van der Waals surface area contributed by atoms with Crippen LogP contribution in [0.3, 0.4) is 0 Å². The van der Waals surface area contributed by atoms with E-state index in [0.29, 0.717) is 6.61 Å². The lowest BCUT2D eigenvalue weighted by atomic mass is 9.82. The van der Waals surface area contributed by atoms with Crippen molar-refractivity contribution in [3.05, 3.63) is 99.6 Å². The fourth-order valence-corrected chi connectivity index (χ4v) is 5.33. The molecule has 182 valence electrons. The molecule has 0 N–H and O–H groups in total. The van der Waals surface area contributed by atoms with E-state index in [0.717, 1.165) is 41.7 Å². The first-order chi connectivity index (χ1) is 17.2. The van der Waals surface area contributed by atoms with Gasteiger partial charge in [-0.2, -0.15) is 0 Å². The van der Waals surface area contributed by atoms with Gasteiger partial charge in [0.15, 0.2) is 0 Å². The van der Waals surface area contributed by atoms with Gasteiger partial charge in [0.1, 0.15) is 18.1 Å². The van der Waals surface area contributed by atoms with Gasteiger partial charge in [-0.1, -0.05) is 71.6 Å². The van der Waals surface area contributed by atoms with Crippen molar-refractivity contribution in [2.45, 2.75) is 38.5 Å². The van der Waals surface area contributed by atoms with Crippen molar-refractivity contribution in [2.24, 2.45) is 0 Å². The van der Waals surface area contributed by atoms with Crippen molar-refractivity contribution in [1.29, 1.82) is 0 Å². The highest BCUT2D eigenvalue weighted by atomic mass is 35.5. The standard InChI is InChI=1S/C31H34ClNO2/c1-23-5-14-30-29(21-23)31(26(15-19-35-30)22-24-6-10-27(32)11-7-24)25-8-12-28(13-9-25)34-20-18-33-16-3-2-4-17-33/h5-14,21-22,31H,2-4,15-20H2,1H3/b26-22+. The van der Waals surface area contributed by atoms with Crippen LogP contribution in [-0.2, 0) is 0 Å². The molecular formula is C31H34ClNO2. The Morgan fingerprint density at radius 3 is 2.51 bits per heavy atom. The summed E-state index contributed by atoms with van der Waals surface area (Å²) >= 11 is 6.13. The van der Waals surface area contributed by atoms with Gasteiger partial charge in [0.25, 0.3) is 0 Å². The number of benzene rings is 3. The van der Waals surface area contributed by atoms with Crippen LogP contribution in [0.5, 0.6) is 11.5 Å². The number of aryl methyl sites for hydroxylation is 1. The lowest BCUT2D eigenvalue weighted by Crippen LogP contribution is -2.33. The van der Waals surface area contributed by atoms with Gasteiger partial charge in [0, 0.05) is 29.5 Å². The number of nitrogens with zero attached hydrogens (tertiary/aromatic N) is 1. The summed E-state index contributed by atoms with van der Waals surface area (Å²) in [5.74, 6) is 2.04. The molecule has 0 aromatic heterocycles. The van der Waals surface area contributed by atoms with Crippen molar-refractivity contribution in [3.8, 4) is 11.5 Å². The van der Waals surface area contributed by atoms with E-state index in [-0.39, 0.29) is 5.92 Å². The number of rotatable bonds is 6. The molecule has 2 heterocycles. The van der Waals surface area contributed by atoms with Crippen molar-refractivity contribution in [1.82, 2.24) is 4.90 Å². The van der Waals surface area contributed by atoms with Crippen LogP contribution in [0, 0.1) is 6.92 Å². The van der Waals surface area contributed by atoms with E-state index in [4.69, 9.17) is 21.1 Å². The number of ether oxygens (including phenoxy) is 2. The molecule has 0 amide bonds. The van der Waals surface area contributed by atoms with Gasteiger partial charge >= 0.3 is 0 Å². The minimum atomic E-state index is 0.130. The molecule has 0 bridgehead atoms. The third-order valence-electron chi connectivity index (χ3n) is 7.06. The first-order valence-electron chi connectivity index (χ1n) is 12.8.